The van der Waals surface area contributed by atoms with Crippen molar-refractivity contribution in [3.63, 3.8) is 0 Å². The molecule has 0 atom stereocenters. The monoisotopic (exact) mass is 494 g/mol. The highest BCUT2D eigenvalue weighted by atomic mass is 35.5. The largest absolute Gasteiger partial charge is 0.497 e. The molecule has 0 fully saturated rings. The van der Waals surface area contributed by atoms with Crippen LogP contribution in [0.25, 0.3) is 0 Å². The van der Waals surface area contributed by atoms with E-state index >= 15 is 0 Å². The summed E-state index contributed by atoms with van der Waals surface area (Å²) in [5, 5.41) is 3.14. The van der Waals surface area contributed by atoms with Gasteiger partial charge in [0.1, 0.15) is 11.5 Å². The standard InChI is InChI=1S/C22H20Cl2N2O5S/c1-26(15-5-7-16(30-2)8-6-15)32(28,29)17-9-10-19(24)18(13-17)22(27)25-20-12-14(23)4-11-21(20)31-3/h4-13H,1-3H3,(H,25,27). The van der Waals surface area contributed by atoms with E-state index in [1.54, 1.807) is 36.4 Å². The lowest BCUT2D eigenvalue weighted by Gasteiger charge is -2.20. The van der Waals surface area contributed by atoms with E-state index in [2.05, 4.69) is 5.32 Å². The van der Waals surface area contributed by atoms with E-state index in [4.69, 9.17) is 32.7 Å². The molecule has 168 valence electrons. The second-order valence-electron chi connectivity index (χ2n) is 6.61. The number of amides is 1. The minimum absolute atomic E-state index is 0.0158. The molecular formula is C22H20Cl2N2O5S. The van der Waals surface area contributed by atoms with Gasteiger partial charge in [-0.15, -0.1) is 0 Å². The van der Waals surface area contributed by atoms with Crippen LogP contribution in [0.4, 0.5) is 11.4 Å². The van der Waals surface area contributed by atoms with Crippen LogP contribution in [0.1, 0.15) is 10.4 Å². The van der Waals surface area contributed by atoms with Gasteiger partial charge in [-0.05, 0) is 60.7 Å². The number of sulfonamides is 1. The molecule has 0 heterocycles. The first-order valence-electron chi connectivity index (χ1n) is 9.25. The third-order valence-electron chi connectivity index (χ3n) is 4.69. The molecule has 3 aromatic carbocycles. The van der Waals surface area contributed by atoms with Gasteiger partial charge in [-0.3, -0.25) is 9.10 Å². The van der Waals surface area contributed by atoms with Gasteiger partial charge in [0, 0.05) is 12.1 Å². The first-order chi connectivity index (χ1) is 15.2. The highest BCUT2D eigenvalue weighted by molar-refractivity contribution is 7.92. The van der Waals surface area contributed by atoms with Crippen LogP contribution in [0, 0.1) is 0 Å². The van der Waals surface area contributed by atoms with Crippen LogP contribution in [0.5, 0.6) is 11.5 Å². The van der Waals surface area contributed by atoms with Gasteiger partial charge in [-0.25, -0.2) is 8.42 Å². The van der Waals surface area contributed by atoms with Crippen LogP contribution in [-0.4, -0.2) is 35.6 Å². The van der Waals surface area contributed by atoms with Crippen LogP contribution in [0.15, 0.2) is 65.6 Å². The number of ether oxygens (including phenoxy) is 2. The number of nitrogens with zero attached hydrogens (tertiary/aromatic N) is 1. The molecule has 0 saturated heterocycles. The number of hydrogen-bond acceptors (Lipinski definition) is 5. The molecule has 7 nitrogen and oxygen atoms in total. The van der Waals surface area contributed by atoms with Crippen LogP contribution in [-0.2, 0) is 10.0 Å². The molecule has 10 heteroatoms. The van der Waals surface area contributed by atoms with E-state index in [1.165, 1.54) is 45.5 Å². The van der Waals surface area contributed by atoms with Crippen molar-refractivity contribution in [2.75, 3.05) is 30.9 Å². The molecule has 0 aromatic heterocycles. The lowest BCUT2D eigenvalue weighted by molar-refractivity contribution is 0.102. The topological polar surface area (TPSA) is 84.9 Å². The maximum atomic E-state index is 13.2. The normalized spacial score (nSPS) is 11.0. The number of hydrogen-bond donors (Lipinski definition) is 1. The van der Waals surface area contributed by atoms with Crippen LogP contribution >= 0.6 is 23.2 Å². The second kappa shape index (κ2) is 9.68. The predicted octanol–water partition coefficient (Wildman–Crippen LogP) is 5.09. The Hall–Kier alpha value is -2.94. The molecule has 0 bridgehead atoms. The summed E-state index contributed by atoms with van der Waals surface area (Å²) in [6.45, 7) is 0. The van der Waals surface area contributed by atoms with E-state index in [0.29, 0.717) is 27.9 Å². The van der Waals surface area contributed by atoms with Gasteiger partial charge in [0.2, 0.25) is 0 Å². The molecular weight excluding hydrogens is 475 g/mol. The molecule has 3 aromatic rings. The molecule has 0 aliphatic heterocycles. The Morgan fingerprint density at radius 1 is 0.938 bits per heavy atom. The molecule has 0 aliphatic rings. The maximum Gasteiger partial charge on any atom is 0.264 e. The molecule has 0 unspecified atom stereocenters. The Kier molecular flexibility index (Phi) is 7.18. The number of halogens is 2. The van der Waals surface area contributed by atoms with Crippen molar-refractivity contribution in [3.8, 4) is 11.5 Å². The lowest BCUT2D eigenvalue weighted by Crippen LogP contribution is -2.27. The van der Waals surface area contributed by atoms with E-state index < -0.39 is 15.9 Å². The van der Waals surface area contributed by atoms with Gasteiger partial charge in [0.15, 0.2) is 0 Å². The maximum absolute atomic E-state index is 13.2. The second-order valence-corrected chi connectivity index (χ2v) is 9.42. The minimum Gasteiger partial charge on any atom is -0.497 e. The average Bonchev–Trinajstić information content (AvgIpc) is 2.78. The summed E-state index contributed by atoms with van der Waals surface area (Å²) in [6.07, 6.45) is 0. The zero-order valence-electron chi connectivity index (χ0n) is 17.4. The van der Waals surface area contributed by atoms with Gasteiger partial charge in [-0.2, -0.15) is 0 Å². The van der Waals surface area contributed by atoms with Crippen LogP contribution < -0.4 is 19.1 Å². The molecule has 0 radical (unpaired) electrons. The Morgan fingerprint density at radius 3 is 2.25 bits per heavy atom. The summed E-state index contributed by atoms with van der Waals surface area (Å²) in [5.41, 5.74) is 0.734. The van der Waals surface area contributed by atoms with Crippen LogP contribution in [0.2, 0.25) is 10.0 Å². The smallest absolute Gasteiger partial charge is 0.264 e. The van der Waals surface area contributed by atoms with Crippen molar-refractivity contribution in [1.29, 1.82) is 0 Å². The van der Waals surface area contributed by atoms with E-state index in [-0.39, 0.29) is 15.5 Å². The summed E-state index contributed by atoms with van der Waals surface area (Å²) in [5.74, 6) is 0.378. The summed E-state index contributed by atoms with van der Waals surface area (Å²) in [4.78, 5) is 12.8. The zero-order chi connectivity index (χ0) is 23.5. The lowest BCUT2D eigenvalue weighted by atomic mass is 10.2. The number of nitrogens with one attached hydrogen (secondary N) is 1. The zero-order valence-corrected chi connectivity index (χ0v) is 19.8. The van der Waals surface area contributed by atoms with Crippen molar-refractivity contribution >= 4 is 50.5 Å². The van der Waals surface area contributed by atoms with E-state index in [1.807, 2.05) is 0 Å². The number of benzene rings is 3. The average molecular weight is 495 g/mol. The quantitative estimate of drug-likeness (QED) is 0.494. The predicted molar refractivity (Wildman–Crippen MR) is 126 cm³/mol. The van der Waals surface area contributed by atoms with Crippen molar-refractivity contribution < 1.29 is 22.7 Å². The van der Waals surface area contributed by atoms with Gasteiger partial charge >= 0.3 is 0 Å². The Balaban J connectivity index is 1.93. The SMILES string of the molecule is COc1ccc(N(C)S(=O)(=O)c2ccc(Cl)c(C(=O)Nc3cc(Cl)ccc3OC)c2)cc1. The highest BCUT2D eigenvalue weighted by Crippen LogP contribution is 2.30. The number of carbonyl (C=O) groups excluding carboxylic acids is 1. The number of carbonyl (C=O) groups is 1. The molecule has 0 aliphatic carbocycles. The number of rotatable bonds is 7. The van der Waals surface area contributed by atoms with Crippen molar-refractivity contribution in [1.82, 2.24) is 0 Å². The number of methoxy groups -OCH3 is 2. The third kappa shape index (κ3) is 4.93. The minimum atomic E-state index is -3.97. The molecule has 0 spiro atoms. The molecule has 32 heavy (non-hydrogen) atoms. The first-order valence-corrected chi connectivity index (χ1v) is 11.4. The van der Waals surface area contributed by atoms with Gasteiger partial charge in [0.05, 0.1) is 41.1 Å². The molecule has 3 rings (SSSR count). The molecule has 1 amide bonds. The Bertz CT molecular complexity index is 1250. The highest BCUT2D eigenvalue weighted by Gasteiger charge is 2.24. The van der Waals surface area contributed by atoms with E-state index in [9.17, 15) is 13.2 Å². The Morgan fingerprint density at radius 2 is 1.62 bits per heavy atom. The molecule has 1 N–H and O–H groups in total. The van der Waals surface area contributed by atoms with Gasteiger partial charge in [0.25, 0.3) is 15.9 Å². The van der Waals surface area contributed by atoms with Gasteiger partial charge in [-0.1, -0.05) is 23.2 Å². The fourth-order valence-electron chi connectivity index (χ4n) is 2.90. The van der Waals surface area contributed by atoms with Crippen LogP contribution in [0.3, 0.4) is 0 Å². The summed E-state index contributed by atoms with van der Waals surface area (Å²) in [6, 6.07) is 15.2. The van der Waals surface area contributed by atoms with Crippen molar-refractivity contribution in [2.45, 2.75) is 4.90 Å². The third-order valence-corrected chi connectivity index (χ3v) is 7.03. The van der Waals surface area contributed by atoms with Gasteiger partial charge < -0.3 is 14.8 Å². The Labute approximate surface area is 196 Å². The van der Waals surface area contributed by atoms with E-state index in [0.717, 1.165) is 4.31 Å². The number of anilines is 2. The molecule has 0 saturated carbocycles. The van der Waals surface area contributed by atoms with Crippen molar-refractivity contribution in [2.24, 2.45) is 0 Å². The fraction of sp³-hybridized carbons (Fsp3) is 0.136. The summed E-state index contributed by atoms with van der Waals surface area (Å²) in [7, 11) is 0.425. The first kappa shape index (κ1) is 23.7. The van der Waals surface area contributed by atoms with Crippen molar-refractivity contribution in [3.05, 3.63) is 76.3 Å². The summed E-state index contributed by atoms with van der Waals surface area (Å²) >= 11 is 12.2. The fourth-order valence-corrected chi connectivity index (χ4v) is 4.49. The summed E-state index contributed by atoms with van der Waals surface area (Å²) < 4.78 is 37.8.